The lowest BCUT2D eigenvalue weighted by Gasteiger charge is -2.24. The van der Waals surface area contributed by atoms with Crippen molar-refractivity contribution in [3.63, 3.8) is 0 Å². The minimum absolute atomic E-state index is 0.804. The predicted molar refractivity (Wildman–Crippen MR) is 223 cm³/mol. The molecule has 0 N–H and O–H groups in total. The summed E-state index contributed by atoms with van der Waals surface area (Å²) >= 11 is 0. The minimum Gasteiger partial charge on any atom is -0.452 e. The molecular formula is C51H32N2O. The van der Waals surface area contributed by atoms with E-state index in [1.165, 1.54) is 54.9 Å². The molecule has 0 saturated carbocycles. The highest BCUT2D eigenvalue weighted by Gasteiger charge is 2.27. The first-order chi connectivity index (χ1) is 26.8. The van der Waals surface area contributed by atoms with E-state index in [0.717, 1.165) is 50.7 Å². The molecule has 0 unspecified atom stereocenters. The number of fused-ring (bicyclic) bond motifs is 4. The molecule has 11 rings (SSSR count). The van der Waals surface area contributed by atoms with E-state index in [1.54, 1.807) is 0 Å². The number of ether oxygens (including phenoxy) is 1. The monoisotopic (exact) mass is 688 g/mol. The zero-order valence-electron chi connectivity index (χ0n) is 29.3. The minimum atomic E-state index is 0.804. The van der Waals surface area contributed by atoms with Gasteiger partial charge in [-0.3, -0.25) is 4.57 Å². The van der Waals surface area contributed by atoms with E-state index in [1.807, 2.05) is 18.2 Å². The Kier molecular flexibility index (Phi) is 6.86. The number of hydrogen-bond donors (Lipinski definition) is 0. The van der Waals surface area contributed by atoms with Crippen LogP contribution in [0.3, 0.4) is 0 Å². The van der Waals surface area contributed by atoms with E-state index < -0.39 is 0 Å². The van der Waals surface area contributed by atoms with Crippen LogP contribution >= 0.6 is 0 Å². The van der Waals surface area contributed by atoms with Crippen molar-refractivity contribution in [2.75, 3.05) is 0 Å². The van der Waals surface area contributed by atoms with Crippen LogP contribution in [0.5, 0.6) is 11.5 Å². The summed E-state index contributed by atoms with van der Waals surface area (Å²) in [6, 6.07) is 69.2. The molecule has 1 aliphatic rings. The number of benzene rings is 9. The van der Waals surface area contributed by atoms with Crippen LogP contribution in [-0.4, -0.2) is 9.55 Å². The van der Waals surface area contributed by atoms with Gasteiger partial charge < -0.3 is 4.74 Å². The summed E-state index contributed by atoms with van der Waals surface area (Å²) in [6.07, 6.45) is 0. The van der Waals surface area contributed by atoms with Crippen LogP contribution in [0, 0.1) is 0 Å². The molecule has 0 aliphatic carbocycles. The van der Waals surface area contributed by atoms with Crippen LogP contribution in [0.1, 0.15) is 0 Å². The molecule has 3 nitrogen and oxygen atoms in total. The molecule has 0 saturated heterocycles. The van der Waals surface area contributed by atoms with Crippen LogP contribution in [0.25, 0.3) is 94.2 Å². The molecule has 0 radical (unpaired) electrons. The summed E-state index contributed by atoms with van der Waals surface area (Å²) in [6.45, 7) is 0. The summed E-state index contributed by atoms with van der Waals surface area (Å²) in [5, 5.41) is 4.86. The average Bonchev–Trinajstić information content (AvgIpc) is 3.64. The average molecular weight is 689 g/mol. The van der Waals surface area contributed by atoms with Gasteiger partial charge in [-0.05, 0) is 90.8 Å². The lowest BCUT2D eigenvalue weighted by molar-refractivity contribution is 0.477. The van der Waals surface area contributed by atoms with Crippen molar-refractivity contribution in [1.29, 1.82) is 0 Å². The lowest BCUT2D eigenvalue weighted by Crippen LogP contribution is -2.06. The smallest absolute Gasteiger partial charge is 0.159 e. The third-order valence-electron chi connectivity index (χ3n) is 10.8. The molecule has 2 heterocycles. The first-order valence-electron chi connectivity index (χ1n) is 18.4. The van der Waals surface area contributed by atoms with Gasteiger partial charge >= 0.3 is 0 Å². The molecular weight excluding hydrogens is 657 g/mol. The number of rotatable bonds is 5. The van der Waals surface area contributed by atoms with Gasteiger partial charge in [0.25, 0.3) is 0 Å². The van der Waals surface area contributed by atoms with Gasteiger partial charge in [0, 0.05) is 11.1 Å². The number of para-hydroxylation sites is 2. The lowest BCUT2D eigenvalue weighted by atomic mass is 9.84. The summed E-state index contributed by atoms with van der Waals surface area (Å²) in [5.74, 6) is 2.53. The molecule has 0 amide bonds. The maximum absolute atomic E-state index is 6.88. The molecule has 1 aliphatic heterocycles. The van der Waals surface area contributed by atoms with E-state index in [9.17, 15) is 0 Å². The molecule has 0 bridgehead atoms. The van der Waals surface area contributed by atoms with Gasteiger partial charge in [0.05, 0.1) is 11.2 Å². The molecule has 0 atom stereocenters. The van der Waals surface area contributed by atoms with Crippen LogP contribution in [0.15, 0.2) is 194 Å². The molecule has 1 aromatic heterocycles. The molecule has 10 aromatic rings. The normalized spacial score (nSPS) is 11.9. The van der Waals surface area contributed by atoms with Crippen molar-refractivity contribution in [2.24, 2.45) is 0 Å². The topological polar surface area (TPSA) is 27.1 Å². The second-order valence-electron chi connectivity index (χ2n) is 13.9. The summed E-state index contributed by atoms with van der Waals surface area (Å²) in [5.41, 5.74) is 13.3. The van der Waals surface area contributed by atoms with E-state index in [4.69, 9.17) is 9.72 Å². The standard InChI is InChI=1S/C51H32N2O/c1-4-15-33(16-5-1)36-21-12-22-38(31-36)48-41-24-11-10-23-40(41)47(34-17-6-2-7-18-34)42-30-29-37(32-43(42)48)39-25-13-27-45-50(39)54-46-28-14-26-44-49(46)53(45)51(52-44)35-19-8-3-9-20-35/h1-32H. The Morgan fingerprint density at radius 3 is 1.74 bits per heavy atom. The molecule has 252 valence electrons. The quantitative estimate of drug-likeness (QED) is 0.168. The Bertz CT molecular complexity index is 3060. The Morgan fingerprint density at radius 2 is 0.981 bits per heavy atom. The van der Waals surface area contributed by atoms with Gasteiger partial charge in [-0.2, -0.15) is 0 Å². The highest BCUT2D eigenvalue weighted by Crippen LogP contribution is 2.50. The third-order valence-corrected chi connectivity index (χ3v) is 10.8. The summed E-state index contributed by atoms with van der Waals surface area (Å²) in [4.78, 5) is 5.12. The summed E-state index contributed by atoms with van der Waals surface area (Å²) in [7, 11) is 0. The fourth-order valence-electron chi connectivity index (χ4n) is 8.40. The van der Waals surface area contributed by atoms with E-state index in [-0.39, 0.29) is 0 Å². The van der Waals surface area contributed by atoms with Crippen molar-refractivity contribution in [2.45, 2.75) is 0 Å². The Labute approximate surface area is 313 Å². The zero-order valence-corrected chi connectivity index (χ0v) is 29.3. The second kappa shape index (κ2) is 12.2. The number of aromatic nitrogens is 2. The predicted octanol–water partition coefficient (Wildman–Crippen LogP) is 13.8. The number of hydrogen-bond acceptors (Lipinski definition) is 2. The van der Waals surface area contributed by atoms with Crippen LogP contribution in [0.4, 0.5) is 0 Å². The third kappa shape index (κ3) is 4.72. The highest BCUT2D eigenvalue weighted by molar-refractivity contribution is 6.22. The van der Waals surface area contributed by atoms with Gasteiger partial charge in [0.1, 0.15) is 11.3 Å². The van der Waals surface area contributed by atoms with Crippen molar-refractivity contribution in [3.8, 4) is 73.1 Å². The maximum atomic E-state index is 6.88. The Morgan fingerprint density at radius 1 is 0.389 bits per heavy atom. The first-order valence-corrected chi connectivity index (χ1v) is 18.4. The zero-order chi connectivity index (χ0) is 35.6. The Balaban J connectivity index is 1.19. The number of nitrogens with zero attached hydrogens (tertiary/aromatic N) is 2. The van der Waals surface area contributed by atoms with Crippen LogP contribution in [-0.2, 0) is 0 Å². The van der Waals surface area contributed by atoms with Gasteiger partial charge in [0.2, 0.25) is 0 Å². The van der Waals surface area contributed by atoms with E-state index >= 15 is 0 Å². The molecule has 0 spiro atoms. The molecule has 0 fully saturated rings. The number of imidazole rings is 1. The summed E-state index contributed by atoms with van der Waals surface area (Å²) < 4.78 is 9.15. The molecule has 54 heavy (non-hydrogen) atoms. The highest BCUT2D eigenvalue weighted by atomic mass is 16.5. The van der Waals surface area contributed by atoms with Crippen molar-refractivity contribution in [3.05, 3.63) is 194 Å². The largest absolute Gasteiger partial charge is 0.452 e. The van der Waals surface area contributed by atoms with E-state index in [0.29, 0.717) is 0 Å². The van der Waals surface area contributed by atoms with Gasteiger partial charge in [-0.25, -0.2) is 4.98 Å². The van der Waals surface area contributed by atoms with Crippen molar-refractivity contribution >= 4 is 32.6 Å². The first kappa shape index (κ1) is 30.4. The van der Waals surface area contributed by atoms with Crippen molar-refractivity contribution in [1.82, 2.24) is 9.55 Å². The molecule has 3 heteroatoms. The SMILES string of the molecule is c1ccc(-c2cccc(-c3c4ccccc4c(-c4ccccc4)c4ccc(-c5cccc6c5Oc5cccc7nc(-c8ccccc8)n-6c57)cc34)c2)cc1. The van der Waals surface area contributed by atoms with Gasteiger partial charge in [-0.15, -0.1) is 0 Å². The fourth-order valence-corrected chi connectivity index (χ4v) is 8.40. The Hall–Kier alpha value is -7.23. The van der Waals surface area contributed by atoms with E-state index in [2.05, 4.69) is 180 Å². The second-order valence-corrected chi connectivity index (χ2v) is 13.9. The molecule has 9 aromatic carbocycles. The van der Waals surface area contributed by atoms with Gasteiger partial charge in [-0.1, -0.05) is 164 Å². The van der Waals surface area contributed by atoms with Crippen LogP contribution < -0.4 is 4.74 Å². The van der Waals surface area contributed by atoms with Gasteiger partial charge in [0.15, 0.2) is 11.5 Å². The maximum Gasteiger partial charge on any atom is 0.159 e. The fraction of sp³-hybridized carbons (Fsp3) is 0. The van der Waals surface area contributed by atoms with Crippen molar-refractivity contribution < 1.29 is 4.74 Å². The van der Waals surface area contributed by atoms with Crippen LogP contribution in [0.2, 0.25) is 0 Å².